The number of rotatable bonds is 0. The molecule has 20 heavy (non-hydrogen) atoms. The van der Waals surface area contributed by atoms with Gasteiger partial charge in [0.05, 0.1) is 0 Å². The normalized spacial score (nSPS) is 59.4. The summed E-state index contributed by atoms with van der Waals surface area (Å²) in [6, 6.07) is 0. The topological polar surface area (TPSA) is 34.1 Å². The van der Waals surface area contributed by atoms with Crippen molar-refractivity contribution in [3.05, 3.63) is 0 Å². The summed E-state index contributed by atoms with van der Waals surface area (Å²) in [6.45, 7) is 2.11. The van der Waals surface area contributed by atoms with E-state index < -0.39 is 18.5 Å². The first-order valence-electron chi connectivity index (χ1n) is 10.2. The molecule has 0 amide bonds. The van der Waals surface area contributed by atoms with Crippen LogP contribution in [0.25, 0.3) is 0 Å². The molecule has 4 aliphatic carbocycles. The Bertz CT molecular complexity index is 602. The average Bonchev–Trinajstić information content (AvgIpc) is 2.81. The van der Waals surface area contributed by atoms with Gasteiger partial charge in [-0.1, -0.05) is 6.92 Å². The fourth-order valence-corrected chi connectivity index (χ4v) is 5.82. The van der Waals surface area contributed by atoms with E-state index in [2.05, 4.69) is 6.92 Å². The number of fused-ring (bicyclic) bond motifs is 5. The van der Waals surface area contributed by atoms with Gasteiger partial charge >= 0.3 is 0 Å². The molecule has 0 aliphatic heterocycles. The van der Waals surface area contributed by atoms with Crippen LogP contribution in [0, 0.1) is 35.0 Å². The zero-order chi connectivity index (χ0) is 17.5. The van der Waals surface area contributed by atoms with E-state index >= 15 is 0 Å². The number of carbonyl (C=O) groups excluding carboxylic acids is 2. The zero-order valence-electron chi connectivity index (χ0n) is 16.2. The lowest BCUT2D eigenvalue weighted by Gasteiger charge is -2.53. The third-order valence-electron chi connectivity index (χ3n) is 6.89. The minimum Gasteiger partial charge on any atom is -0.300 e. The SMILES string of the molecule is [2H]C1([2H])C[C@@H]2[C@H]3CC[C@]4(C)C(=O)CC[C@H]4[C@@H]3CC[C@@H]2C([2H])([2H])C1=O. The van der Waals surface area contributed by atoms with Gasteiger partial charge in [0.25, 0.3) is 0 Å². The molecule has 0 radical (unpaired) electrons. The highest BCUT2D eigenvalue weighted by Crippen LogP contribution is 2.61. The summed E-state index contributed by atoms with van der Waals surface area (Å²) in [7, 11) is 0. The molecule has 110 valence electrons. The molecule has 0 spiro atoms. The van der Waals surface area contributed by atoms with E-state index in [0.717, 1.165) is 25.7 Å². The van der Waals surface area contributed by atoms with Crippen molar-refractivity contribution in [2.45, 2.75) is 64.6 Å². The van der Waals surface area contributed by atoms with Gasteiger partial charge in [-0.2, -0.15) is 0 Å². The maximum atomic E-state index is 12.4. The van der Waals surface area contributed by atoms with Crippen molar-refractivity contribution in [3.8, 4) is 0 Å². The number of Topliss-reactive ketones (excluding diaryl/α,β-unsaturated/α-hetero) is 2. The van der Waals surface area contributed by atoms with Gasteiger partial charge in [-0.3, -0.25) is 9.59 Å². The summed E-state index contributed by atoms with van der Waals surface area (Å²) in [5.74, 6) is 0.161. The molecular weight excluding hydrogens is 248 g/mol. The molecule has 0 unspecified atom stereocenters. The Labute approximate surface area is 127 Å². The molecule has 4 aliphatic rings. The van der Waals surface area contributed by atoms with Crippen LogP contribution >= 0.6 is 0 Å². The second-order valence-electron chi connectivity index (χ2n) is 7.55. The smallest absolute Gasteiger partial charge is 0.139 e. The molecule has 0 aromatic rings. The molecule has 6 atom stereocenters. The molecule has 2 nitrogen and oxygen atoms in total. The van der Waals surface area contributed by atoms with E-state index in [1.165, 1.54) is 0 Å². The summed E-state index contributed by atoms with van der Waals surface area (Å²) < 4.78 is 32.6. The summed E-state index contributed by atoms with van der Waals surface area (Å²) in [6.07, 6.45) is 0.921. The Morgan fingerprint density at radius 3 is 2.75 bits per heavy atom. The van der Waals surface area contributed by atoms with Crippen molar-refractivity contribution in [2.24, 2.45) is 35.0 Å². The standard InChI is InChI=1S/C18H26O2/c1-18-9-8-14-13-5-3-12(19)10-11(13)2-4-15(14)16(18)6-7-17(18)20/h11,13-16H,2-10H2,1H3/t11-,13+,14-,15-,16+,18+/m1/s1/i3D2,10D2. The zero-order valence-corrected chi connectivity index (χ0v) is 12.2. The first-order valence-corrected chi connectivity index (χ1v) is 8.17. The fourth-order valence-electron chi connectivity index (χ4n) is 5.82. The van der Waals surface area contributed by atoms with Crippen LogP contribution in [0.1, 0.15) is 70.1 Å². The van der Waals surface area contributed by atoms with Crippen molar-refractivity contribution in [3.63, 3.8) is 0 Å². The van der Waals surface area contributed by atoms with E-state index in [-0.39, 0.29) is 29.6 Å². The van der Waals surface area contributed by atoms with Gasteiger partial charge in [0.1, 0.15) is 11.6 Å². The van der Waals surface area contributed by atoms with Crippen molar-refractivity contribution in [1.82, 2.24) is 0 Å². The number of ketones is 2. The quantitative estimate of drug-likeness (QED) is 0.676. The summed E-state index contributed by atoms with van der Waals surface area (Å²) in [5.41, 5.74) is -0.212. The Hall–Kier alpha value is -0.660. The van der Waals surface area contributed by atoms with Crippen LogP contribution in [0.4, 0.5) is 0 Å². The van der Waals surface area contributed by atoms with Crippen LogP contribution < -0.4 is 0 Å². The van der Waals surface area contributed by atoms with Crippen LogP contribution in [-0.2, 0) is 9.59 Å². The maximum absolute atomic E-state index is 12.4. The Morgan fingerprint density at radius 1 is 1.05 bits per heavy atom. The van der Waals surface area contributed by atoms with Gasteiger partial charge in [-0.15, -0.1) is 0 Å². The highest BCUT2D eigenvalue weighted by Gasteiger charge is 2.56. The number of hydrogen-bond donors (Lipinski definition) is 0. The van der Waals surface area contributed by atoms with E-state index in [1.807, 2.05) is 0 Å². The minimum absolute atomic E-state index is 0.0632. The number of carbonyl (C=O) groups is 2. The molecule has 4 saturated carbocycles. The molecule has 4 fully saturated rings. The lowest BCUT2D eigenvalue weighted by Crippen LogP contribution is -2.48. The molecule has 0 saturated heterocycles. The molecule has 2 heteroatoms. The second-order valence-corrected chi connectivity index (χ2v) is 7.55. The molecule has 0 aromatic carbocycles. The highest BCUT2D eigenvalue weighted by molar-refractivity contribution is 5.87. The van der Waals surface area contributed by atoms with Gasteiger partial charge in [-0.25, -0.2) is 0 Å². The third kappa shape index (κ3) is 1.69. The van der Waals surface area contributed by atoms with Crippen molar-refractivity contribution < 1.29 is 15.1 Å². The van der Waals surface area contributed by atoms with Crippen LogP contribution in [0.2, 0.25) is 0 Å². The van der Waals surface area contributed by atoms with Crippen LogP contribution in [-0.4, -0.2) is 11.6 Å². The molecule has 0 aromatic heterocycles. The molecule has 0 bridgehead atoms. The van der Waals surface area contributed by atoms with Crippen LogP contribution in [0.15, 0.2) is 0 Å². The van der Waals surface area contributed by atoms with Crippen LogP contribution in [0.5, 0.6) is 0 Å². The Kier molecular flexibility index (Phi) is 2.07. The summed E-state index contributed by atoms with van der Waals surface area (Å²) in [4.78, 5) is 24.6. The highest BCUT2D eigenvalue weighted by atomic mass is 16.1. The second kappa shape index (κ2) is 4.42. The molecule has 0 heterocycles. The predicted octanol–water partition coefficient (Wildman–Crippen LogP) is 3.78. The molecule has 0 N–H and O–H groups in total. The van der Waals surface area contributed by atoms with Gasteiger partial charge in [-0.05, 0) is 68.1 Å². The Morgan fingerprint density at radius 2 is 1.90 bits per heavy atom. The van der Waals surface area contributed by atoms with Crippen molar-refractivity contribution in [1.29, 1.82) is 0 Å². The molecule has 4 rings (SSSR count). The Balaban J connectivity index is 1.67. The number of hydrogen-bond acceptors (Lipinski definition) is 2. The van der Waals surface area contributed by atoms with Gasteiger partial charge in [0.2, 0.25) is 0 Å². The predicted molar refractivity (Wildman–Crippen MR) is 77.1 cm³/mol. The minimum atomic E-state index is -2.06. The van der Waals surface area contributed by atoms with E-state index in [1.54, 1.807) is 0 Å². The van der Waals surface area contributed by atoms with Gasteiger partial charge in [0.15, 0.2) is 0 Å². The van der Waals surface area contributed by atoms with E-state index in [0.29, 0.717) is 30.5 Å². The van der Waals surface area contributed by atoms with Gasteiger partial charge < -0.3 is 0 Å². The summed E-state index contributed by atoms with van der Waals surface area (Å²) in [5, 5.41) is 0. The van der Waals surface area contributed by atoms with E-state index in [4.69, 9.17) is 5.48 Å². The average molecular weight is 278 g/mol. The van der Waals surface area contributed by atoms with E-state index in [9.17, 15) is 9.59 Å². The third-order valence-corrected chi connectivity index (χ3v) is 6.89. The lowest BCUT2D eigenvalue weighted by atomic mass is 9.50. The van der Waals surface area contributed by atoms with Gasteiger partial charge in [0, 0.05) is 30.1 Å². The first kappa shape index (κ1) is 9.38. The fraction of sp³-hybridized carbons (Fsp3) is 0.889. The largest absolute Gasteiger partial charge is 0.300 e. The maximum Gasteiger partial charge on any atom is 0.139 e. The van der Waals surface area contributed by atoms with Crippen LogP contribution in [0.3, 0.4) is 0 Å². The lowest BCUT2D eigenvalue weighted by molar-refractivity contribution is -0.134. The monoisotopic (exact) mass is 278 g/mol. The first-order chi connectivity index (χ1) is 11.1. The van der Waals surface area contributed by atoms with Crippen molar-refractivity contribution >= 4 is 11.6 Å². The molecular formula is C18H26O2. The summed E-state index contributed by atoms with van der Waals surface area (Å²) >= 11 is 0. The van der Waals surface area contributed by atoms with Crippen molar-refractivity contribution in [2.75, 3.05) is 0 Å².